The minimum absolute atomic E-state index is 0.0489. The van der Waals surface area contributed by atoms with E-state index in [9.17, 15) is 14.4 Å². The molecule has 4 heterocycles. The van der Waals surface area contributed by atoms with E-state index >= 15 is 8.78 Å². The topological polar surface area (TPSA) is 118 Å². The summed E-state index contributed by atoms with van der Waals surface area (Å²) in [6.45, 7) is 11.1. The van der Waals surface area contributed by atoms with Crippen LogP contribution in [0.15, 0.2) is 41.8 Å². The number of aromatic nitrogens is 3. The summed E-state index contributed by atoms with van der Waals surface area (Å²) in [5.41, 5.74) is 5.93. The molecule has 10 nitrogen and oxygen atoms in total. The number of carbonyl (C=O) groups excluding carboxylic acids is 2. The number of aryl methyl sites for hydroxylation is 1. The van der Waals surface area contributed by atoms with Crippen molar-refractivity contribution in [1.29, 1.82) is 0 Å². The molecule has 2 aromatic heterocycles. The SMILES string of the molecule is C=CC(=O)N1CC(C)N2c3nc(=O)n(-c4c(C)ccnc4C(C)C)c4cc(-c5c(N)c(Cl)cc(Cl)c5F)c(F)c(c34)N(C)C(=O)C2C1. The lowest BCUT2D eigenvalue weighted by Gasteiger charge is -2.45. The largest absolute Gasteiger partial charge is 0.397 e. The second kappa shape index (κ2) is 11.6. The van der Waals surface area contributed by atoms with Crippen molar-refractivity contribution in [1.82, 2.24) is 19.4 Å². The molecule has 0 spiro atoms. The quantitative estimate of drug-likeness (QED) is 0.169. The van der Waals surface area contributed by atoms with Gasteiger partial charge in [0.15, 0.2) is 11.6 Å². The molecule has 47 heavy (non-hydrogen) atoms. The van der Waals surface area contributed by atoms with E-state index in [2.05, 4.69) is 16.5 Å². The van der Waals surface area contributed by atoms with Gasteiger partial charge in [-0.3, -0.25) is 19.1 Å². The van der Waals surface area contributed by atoms with Crippen LogP contribution in [0.2, 0.25) is 10.0 Å². The van der Waals surface area contributed by atoms with Gasteiger partial charge in [-0.2, -0.15) is 4.98 Å². The zero-order valence-electron chi connectivity index (χ0n) is 26.2. The first-order valence-corrected chi connectivity index (χ1v) is 15.6. The van der Waals surface area contributed by atoms with E-state index in [1.54, 1.807) is 31.0 Å². The van der Waals surface area contributed by atoms with Gasteiger partial charge in [-0.1, -0.05) is 43.6 Å². The maximum absolute atomic E-state index is 17.2. The fraction of sp³-hybridized carbons (Fsp3) is 0.303. The van der Waals surface area contributed by atoms with E-state index < -0.39 is 45.9 Å². The van der Waals surface area contributed by atoms with Gasteiger partial charge < -0.3 is 20.4 Å². The van der Waals surface area contributed by atoms with Crippen molar-refractivity contribution in [2.75, 3.05) is 35.7 Å². The predicted molar refractivity (Wildman–Crippen MR) is 180 cm³/mol. The van der Waals surface area contributed by atoms with E-state index in [1.165, 1.54) is 22.6 Å². The fourth-order valence-electron chi connectivity index (χ4n) is 6.67. The molecular weight excluding hydrogens is 651 g/mol. The Kier molecular flexibility index (Phi) is 8.00. The Morgan fingerprint density at radius 2 is 1.83 bits per heavy atom. The van der Waals surface area contributed by atoms with Crippen LogP contribution >= 0.6 is 23.2 Å². The van der Waals surface area contributed by atoms with E-state index in [-0.39, 0.29) is 63.6 Å². The molecule has 244 valence electrons. The Hall–Kier alpha value is -4.55. The zero-order valence-corrected chi connectivity index (χ0v) is 27.7. The van der Waals surface area contributed by atoms with Crippen LogP contribution in [0.25, 0.3) is 27.7 Å². The average molecular weight is 683 g/mol. The molecule has 14 heteroatoms. The zero-order chi connectivity index (χ0) is 34.2. The van der Waals surface area contributed by atoms with Crippen molar-refractivity contribution >= 4 is 63.1 Å². The molecular formula is C33H31Cl2F2N7O3. The Morgan fingerprint density at radius 3 is 2.49 bits per heavy atom. The van der Waals surface area contributed by atoms with Crippen molar-refractivity contribution in [3.8, 4) is 16.8 Å². The lowest BCUT2D eigenvalue weighted by Crippen LogP contribution is -2.63. The summed E-state index contributed by atoms with van der Waals surface area (Å²) < 4.78 is 34.3. The van der Waals surface area contributed by atoms with Crippen molar-refractivity contribution in [2.24, 2.45) is 0 Å². The first-order chi connectivity index (χ1) is 22.2. The van der Waals surface area contributed by atoms with Gasteiger partial charge in [-0.15, -0.1) is 0 Å². The molecule has 2 aliphatic heterocycles. The summed E-state index contributed by atoms with van der Waals surface area (Å²) in [6, 6.07) is 2.58. The molecule has 0 aliphatic carbocycles. The molecule has 1 saturated heterocycles. The molecule has 0 radical (unpaired) electrons. The molecule has 2 atom stereocenters. The van der Waals surface area contributed by atoms with E-state index in [0.29, 0.717) is 16.9 Å². The van der Waals surface area contributed by atoms with E-state index in [1.807, 2.05) is 13.8 Å². The molecule has 4 aromatic rings. The van der Waals surface area contributed by atoms with Crippen molar-refractivity contribution < 1.29 is 18.4 Å². The van der Waals surface area contributed by atoms with Crippen molar-refractivity contribution in [3.63, 3.8) is 0 Å². The normalized spacial score (nSPS) is 17.7. The number of fused-ring (bicyclic) bond motifs is 2. The van der Waals surface area contributed by atoms with Crippen LogP contribution < -0.4 is 21.2 Å². The third-order valence-corrected chi connectivity index (χ3v) is 9.44. The molecule has 1 fully saturated rings. The van der Waals surface area contributed by atoms with Crippen LogP contribution in [0.1, 0.15) is 37.9 Å². The smallest absolute Gasteiger partial charge is 0.354 e. The van der Waals surface area contributed by atoms with Crippen molar-refractivity contribution in [3.05, 3.63) is 80.5 Å². The summed E-state index contributed by atoms with van der Waals surface area (Å²) in [5, 5.41) is -0.383. The number of anilines is 3. The summed E-state index contributed by atoms with van der Waals surface area (Å²) in [6.07, 6.45) is 2.78. The first-order valence-electron chi connectivity index (χ1n) is 14.8. The molecule has 0 saturated carbocycles. The van der Waals surface area contributed by atoms with Crippen LogP contribution in [0.4, 0.5) is 26.0 Å². The van der Waals surface area contributed by atoms with Gasteiger partial charge in [0.25, 0.3) is 5.91 Å². The summed E-state index contributed by atoms with van der Waals surface area (Å²) >= 11 is 12.5. The van der Waals surface area contributed by atoms with Gasteiger partial charge in [0.1, 0.15) is 11.9 Å². The van der Waals surface area contributed by atoms with E-state index in [0.717, 1.165) is 17.0 Å². The predicted octanol–water partition coefficient (Wildman–Crippen LogP) is 5.61. The number of carbonyl (C=O) groups is 2. The highest BCUT2D eigenvalue weighted by Crippen LogP contribution is 2.47. The highest BCUT2D eigenvalue weighted by Gasteiger charge is 2.45. The molecule has 2 aromatic carbocycles. The monoisotopic (exact) mass is 681 g/mol. The van der Waals surface area contributed by atoms with Gasteiger partial charge in [-0.25, -0.2) is 13.6 Å². The highest BCUT2D eigenvalue weighted by atomic mass is 35.5. The van der Waals surface area contributed by atoms with Gasteiger partial charge in [0.2, 0.25) is 5.91 Å². The average Bonchev–Trinajstić information content (AvgIpc) is 3.11. The number of nitrogen functional groups attached to an aromatic ring is 1. The lowest BCUT2D eigenvalue weighted by atomic mass is 9.97. The number of hydrogen-bond acceptors (Lipinski definition) is 7. The number of rotatable bonds is 4. The lowest BCUT2D eigenvalue weighted by molar-refractivity contribution is -0.129. The Labute approximate surface area is 279 Å². The third kappa shape index (κ3) is 4.84. The van der Waals surface area contributed by atoms with E-state index in [4.69, 9.17) is 28.9 Å². The summed E-state index contributed by atoms with van der Waals surface area (Å²) in [7, 11) is 1.38. The van der Waals surface area contributed by atoms with Crippen LogP contribution in [0.3, 0.4) is 0 Å². The second-order valence-electron chi connectivity index (χ2n) is 12.1. The molecule has 2 N–H and O–H groups in total. The number of piperazine rings is 1. The number of nitrogens with zero attached hydrogens (tertiary/aromatic N) is 6. The maximum Gasteiger partial charge on any atom is 0.354 e. The second-order valence-corrected chi connectivity index (χ2v) is 12.9. The first kappa shape index (κ1) is 32.4. The molecule has 2 amide bonds. The summed E-state index contributed by atoms with van der Waals surface area (Å²) in [5.74, 6) is -3.10. The molecule has 6 rings (SSSR count). The van der Waals surface area contributed by atoms with Crippen LogP contribution in [0, 0.1) is 18.6 Å². The minimum Gasteiger partial charge on any atom is -0.397 e. The number of halogens is 4. The Balaban J connectivity index is 1.82. The number of nitrogens with two attached hydrogens (primary N) is 1. The van der Waals surface area contributed by atoms with Gasteiger partial charge in [-0.05, 0) is 49.6 Å². The summed E-state index contributed by atoms with van der Waals surface area (Å²) in [4.78, 5) is 54.5. The van der Waals surface area contributed by atoms with Gasteiger partial charge >= 0.3 is 5.69 Å². The Bertz CT molecular complexity index is 2080. The fourth-order valence-corrected chi connectivity index (χ4v) is 7.13. The number of likely N-dealkylation sites (N-methyl/N-ethyl adjacent to an activating group) is 1. The third-order valence-electron chi connectivity index (χ3n) is 8.85. The van der Waals surface area contributed by atoms with Gasteiger partial charge in [0, 0.05) is 37.0 Å². The van der Waals surface area contributed by atoms with Crippen LogP contribution in [-0.2, 0) is 9.59 Å². The Morgan fingerprint density at radius 1 is 1.13 bits per heavy atom. The number of pyridine rings is 1. The number of amides is 2. The standard InChI is InChI=1S/C33H31Cl2F2N7O3/c1-7-22(45)42-12-16(5)43-21(13-42)32(46)41(6)30-24-20(10-17(25(30)36)23-26(37)18(34)11-19(35)27(23)38)44(33(47)40-31(24)43)29-15(4)8-9-39-28(29)14(2)3/h7-11,14,16,21H,1,12-13,38H2,2-6H3. The number of hydrogen-bond donors (Lipinski definition) is 1. The van der Waals surface area contributed by atoms with Crippen LogP contribution in [0.5, 0.6) is 0 Å². The molecule has 2 aliphatic rings. The molecule has 2 unspecified atom stereocenters. The maximum atomic E-state index is 17.2. The highest BCUT2D eigenvalue weighted by molar-refractivity contribution is 6.37. The van der Waals surface area contributed by atoms with Crippen molar-refractivity contribution in [2.45, 2.75) is 45.7 Å². The number of benzene rings is 2. The molecule has 0 bridgehead atoms. The minimum atomic E-state index is -1.04. The van der Waals surface area contributed by atoms with Gasteiger partial charge in [0.05, 0.1) is 50.2 Å². The van der Waals surface area contributed by atoms with Crippen LogP contribution in [-0.4, -0.2) is 63.5 Å².